The number of hydrogen-bond donors (Lipinski definition) is 3. The Balaban J connectivity index is 1.78. The fourth-order valence-corrected chi connectivity index (χ4v) is 3.54. The predicted octanol–water partition coefficient (Wildman–Crippen LogP) is 0.578. The minimum absolute atomic E-state index is 0.00839. The first-order valence-corrected chi connectivity index (χ1v) is 7.04. The van der Waals surface area contributed by atoms with E-state index in [-0.39, 0.29) is 18.6 Å². The molecule has 0 spiro atoms. The van der Waals surface area contributed by atoms with Gasteiger partial charge in [0.2, 0.25) is 11.8 Å². The maximum Gasteiger partial charge on any atom is 0.405 e. The van der Waals surface area contributed by atoms with Crippen LogP contribution in [0.4, 0.5) is 13.2 Å². The molecule has 0 saturated heterocycles. The van der Waals surface area contributed by atoms with Crippen molar-refractivity contribution in [1.82, 2.24) is 10.6 Å². The van der Waals surface area contributed by atoms with Crippen LogP contribution in [0, 0.1) is 17.8 Å². The highest BCUT2D eigenvalue weighted by Crippen LogP contribution is 2.48. The van der Waals surface area contributed by atoms with E-state index in [1.165, 1.54) is 0 Å². The number of carbonyl (C=O) groups is 2. The summed E-state index contributed by atoms with van der Waals surface area (Å²) in [5, 5.41) is 13.7. The zero-order valence-electron chi connectivity index (χ0n) is 11.4. The summed E-state index contributed by atoms with van der Waals surface area (Å²) in [6.07, 6.45) is -2.14. The molecular weight excluding hydrogens is 289 g/mol. The van der Waals surface area contributed by atoms with Gasteiger partial charge in [0.1, 0.15) is 13.0 Å². The Kier molecular flexibility index (Phi) is 4.75. The molecule has 2 amide bonds. The SMILES string of the molecule is O=C(CC(=O)NC1C2CCC(C2)C1CO)NCC(F)(F)F. The normalized spacial score (nSPS) is 31.2. The fraction of sp³-hybridized carbons (Fsp3) is 0.846. The summed E-state index contributed by atoms with van der Waals surface area (Å²) in [5.41, 5.74) is 0. The van der Waals surface area contributed by atoms with Crippen molar-refractivity contribution in [1.29, 1.82) is 0 Å². The second-order valence-electron chi connectivity index (χ2n) is 5.84. The van der Waals surface area contributed by atoms with Crippen molar-refractivity contribution in [2.24, 2.45) is 17.8 Å². The molecule has 8 heteroatoms. The van der Waals surface area contributed by atoms with Crippen molar-refractivity contribution < 1.29 is 27.9 Å². The molecule has 2 aliphatic rings. The maximum absolute atomic E-state index is 11.9. The summed E-state index contributed by atoms with van der Waals surface area (Å²) in [6, 6.07) is -0.170. The van der Waals surface area contributed by atoms with Crippen molar-refractivity contribution in [3.05, 3.63) is 0 Å². The van der Waals surface area contributed by atoms with E-state index in [4.69, 9.17) is 0 Å². The van der Waals surface area contributed by atoms with E-state index >= 15 is 0 Å². The lowest BCUT2D eigenvalue weighted by atomic mass is 9.85. The van der Waals surface area contributed by atoms with Crippen LogP contribution >= 0.6 is 0 Å². The van der Waals surface area contributed by atoms with Gasteiger partial charge in [0, 0.05) is 18.6 Å². The largest absolute Gasteiger partial charge is 0.405 e. The van der Waals surface area contributed by atoms with Crippen molar-refractivity contribution >= 4 is 11.8 Å². The molecule has 3 N–H and O–H groups in total. The van der Waals surface area contributed by atoms with E-state index in [0.29, 0.717) is 11.8 Å². The molecule has 120 valence electrons. The van der Waals surface area contributed by atoms with Gasteiger partial charge >= 0.3 is 6.18 Å². The minimum Gasteiger partial charge on any atom is -0.396 e. The van der Waals surface area contributed by atoms with Gasteiger partial charge in [-0.05, 0) is 31.1 Å². The molecule has 5 nitrogen and oxygen atoms in total. The summed E-state index contributed by atoms with van der Waals surface area (Å²) in [4.78, 5) is 23.0. The van der Waals surface area contributed by atoms with Gasteiger partial charge in [0.25, 0.3) is 0 Å². The second-order valence-corrected chi connectivity index (χ2v) is 5.84. The number of nitrogens with one attached hydrogen (secondary N) is 2. The molecule has 4 atom stereocenters. The maximum atomic E-state index is 11.9. The first kappa shape index (κ1) is 16.1. The molecular formula is C13H19F3N2O3. The number of carbonyl (C=O) groups excluding carboxylic acids is 2. The van der Waals surface area contributed by atoms with E-state index in [2.05, 4.69) is 5.32 Å². The van der Waals surface area contributed by atoms with Gasteiger partial charge < -0.3 is 15.7 Å². The zero-order chi connectivity index (χ0) is 15.6. The summed E-state index contributed by atoms with van der Waals surface area (Å²) < 4.78 is 35.8. The van der Waals surface area contributed by atoms with Gasteiger partial charge in [0.15, 0.2) is 0 Å². The molecule has 21 heavy (non-hydrogen) atoms. The molecule has 0 radical (unpaired) electrons. The van der Waals surface area contributed by atoms with E-state index in [1.54, 1.807) is 5.32 Å². The molecule has 0 aromatic rings. The molecule has 0 aromatic heterocycles. The number of amides is 2. The number of halogens is 3. The quantitative estimate of drug-likeness (QED) is 0.650. The molecule has 4 unspecified atom stereocenters. The minimum atomic E-state index is -4.49. The van der Waals surface area contributed by atoms with Crippen LogP contribution in [-0.4, -0.2) is 42.3 Å². The molecule has 2 fully saturated rings. The Morgan fingerprint density at radius 3 is 2.43 bits per heavy atom. The van der Waals surface area contributed by atoms with Gasteiger partial charge in [-0.15, -0.1) is 0 Å². The Labute approximate surface area is 120 Å². The first-order valence-electron chi connectivity index (χ1n) is 7.04. The van der Waals surface area contributed by atoms with Gasteiger partial charge in [-0.1, -0.05) is 0 Å². The summed E-state index contributed by atoms with van der Waals surface area (Å²) in [7, 11) is 0. The predicted molar refractivity (Wildman–Crippen MR) is 67.0 cm³/mol. The Hall–Kier alpha value is -1.31. The van der Waals surface area contributed by atoms with Gasteiger partial charge in [-0.25, -0.2) is 0 Å². The molecule has 0 heterocycles. The highest BCUT2D eigenvalue weighted by Gasteiger charge is 2.47. The first-order chi connectivity index (χ1) is 9.80. The van der Waals surface area contributed by atoms with E-state index < -0.39 is 31.0 Å². The average molecular weight is 308 g/mol. The Bertz CT molecular complexity index is 414. The standard InChI is InChI=1S/C13H19F3N2O3/c14-13(15,16)6-17-10(20)4-11(21)18-12-8-2-1-7(3-8)9(12)5-19/h7-9,12,19H,1-6H2,(H,17,20)(H,18,21). The lowest BCUT2D eigenvalue weighted by Crippen LogP contribution is -2.46. The third-order valence-corrected chi connectivity index (χ3v) is 4.43. The Morgan fingerprint density at radius 1 is 1.14 bits per heavy atom. The fourth-order valence-electron chi connectivity index (χ4n) is 3.54. The zero-order valence-corrected chi connectivity index (χ0v) is 11.4. The van der Waals surface area contributed by atoms with Crippen molar-refractivity contribution in [2.75, 3.05) is 13.2 Å². The number of rotatable bonds is 5. The molecule has 2 rings (SSSR count). The van der Waals surface area contributed by atoms with Crippen LogP contribution in [0.15, 0.2) is 0 Å². The van der Waals surface area contributed by atoms with Crippen LogP contribution in [0.25, 0.3) is 0 Å². The highest BCUT2D eigenvalue weighted by molar-refractivity contribution is 5.97. The van der Waals surface area contributed by atoms with Gasteiger partial charge in [-0.3, -0.25) is 9.59 Å². The molecule has 2 saturated carbocycles. The van der Waals surface area contributed by atoms with E-state index in [9.17, 15) is 27.9 Å². The van der Waals surface area contributed by atoms with Crippen molar-refractivity contribution in [3.63, 3.8) is 0 Å². The van der Waals surface area contributed by atoms with Crippen LogP contribution in [-0.2, 0) is 9.59 Å². The summed E-state index contributed by atoms with van der Waals surface area (Å²) in [6.45, 7) is -1.46. The smallest absolute Gasteiger partial charge is 0.396 e. The lowest BCUT2D eigenvalue weighted by molar-refractivity contribution is -0.141. The molecule has 2 aliphatic carbocycles. The Morgan fingerprint density at radius 2 is 1.81 bits per heavy atom. The second kappa shape index (κ2) is 6.21. The van der Waals surface area contributed by atoms with Crippen LogP contribution < -0.4 is 10.6 Å². The number of fused-ring (bicyclic) bond motifs is 2. The van der Waals surface area contributed by atoms with Crippen molar-refractivity contribution in [3.8, 4) is 0 Å². The average Bonchev–Trinajstić information content (AvgIpc) is 2.96. The van der Waals surface area contributed by atoms with E-state index in [0.717, 1.165) is 19.3 Å². The van der Waals surface area contributed by atoms with Crippen LogP contribution in [0.2, 0.25) is 0 Å². The van der Waals surface area contributed by atoms with Crippen LogP contribution in [0.1, 0.15) is 25.7 Å². The molecule has 2 bridgehead atoms. The number of alkyl halides is 3. The summed E-state index contributed by atoms with van der Waals surface area (Å²) in [5.74, 6) is -0.858. The topological polar surface area (TPSA) is 78.4 Å². The van der Waals surface area contributed by atoms with Crippen LogP contribution in [0.3, 0.4) is 0 Å². The lowest BCUT2D eigenvalue weighted by Gasteiger charge is -2.30. The third-order valence-electron chi connectivity index (χ3n) is 4.43. The summed E-state index contributed by atoms with van der Waals surface area (Å²) >= 11 is 0. The van der Waals surface area contributed by atoms with E-state index in [1.807, 2.05) is 0 Å². The number of aliphatic hydroxyl groups is 1. The molecule has 0 aromatic carbocycles. The third kappa shape index (κ3) is 4.09. The molecule has 0 aliphatic heterocycles. The van der Waals surface area contributed by atoms with Gasteiger partial charge in [0.05, 0.1) is 0 Å². The number of hydrogen-bond acceptors (Lipinski definition) is 3. The van der Waals surface area contributed by atoms with Crippen LogP contribution in [0.5, 0.6) is 0 Å². The highest BCUT2D eigenvalue weighted by atomic mass is 19.4. The monoisotopic (exact) mass is 308 g/mol. The van der Waals surface area contributed by atoms with Crippen molar-refractivity contribution in [2.45, 2.75) is 37.9 Å². The van der Waals surface area contributed by atoms with Gasteiger partial charge in [-0.2, -0.15) is 13.2 Å². The number of aliphatic hydroxyl groups excluding tert-OH is 1.